The fourth-order valence-electron chi connectivity index (χ4n) is 1.71. The van der Waals surface area contributed by atoms with Crippen LogP contribution in [0.4, 0.5) is 0 Å². The number of aryl methyl sites for hydroxylation is 1. The first-order chi connectivity index (χ1) is 9.29. The second-order valence-electron chi connectivity index (χ2n) is 4.21. The van der Waals surface area contributed by atoms with E-state index in [0.717, 1.165) is 29.8 Å². The minimum absolute atomic E-state index is 0.308. The van der Waals surface area contributed by atoms with Gasteiger partial charge in [0.05, 0.1) is 17.6 Å². The van der Waals surface area contributed by atoms with Crippen LogP contribution >= 0.6 is 12.0 Å². The predicted molar refractivity (Wildman–Crippen MR) is 78.2 cm³/mol. The average Bonchev–Trinajstić information content (AvgIpc) is 2.47. The average molecular weight is 272 g/mol. The highest BCUT2D eigenvalue weighted by Gasteiger charge is 2.08. The van der Waals surface area contributed by atoms with Crippen LogP contribution in [-0.2, 0) is 10.6 Å². The number of hydrogen-bond acceptors (Lipinski definition) is 3. The van der Waals surface area contributed by atoms with Gasteiger partial charge in [-0.25, -0.2) is 4.79 Å². The van der Waals surface area contributed by atoms with Gasteiger partial charge in [0, 0.05) is 4.90 Å². The van der Waals surface area contributed by atoms with Crippen molar-refractivity contribution in [1.82, 2.24) is 0 Å². The maximum atomic E-state index is 11.8. The maximum Gasteiger partial charge on any atom is 0.350 e. The normalized spacial score (nSPS) is 10.2. The third-order valence-corrected chi connectivity index (χ3v) is 3.38. The number of carbonyl (C=O) groups is 1. The van der Waals surface area contributed by atoms with E-state index in [1.807, 2.05) is 54.6 Å². The van der Waals surface area contributed by atoms with Crippen molar-refractivity contribution in [2.24, 2.45) is 0 Å². The summed E-state index contributed by atoms with van der Waals surface area (Å²) in [6.45, 7) is 2.14. The Bertz CT molecular complexity index is 520. The third-order valence-electron chi connectivity index (χ3n) is 2.69. The summed E-state index contributed by atoms with van der Waals surface area (Å²) in [6, 6.07) is 17.2. The van der Waals surface area contributed by atoms with Crippen molar-refractivity contribution in [2.75, 3.05) is 0 Å². The second-order valence-corrected chi connectivity index (χ2v) is 5.02. The van der Waals surface area contributed by atoms with Gasteiger partial charge in [-0.1, -0.05) is 43.7 Å². The molecule has 0 saturated carbocycles. The van der Waals surface area contributed by atoms with Crippen LogP contribution in [0.1, 0.15) is 29.3 Å². The van der Waals surface area contributed by atoms with Crippen LogP contribution < -0.4 is 0 Å². The lowest BCUT2D eigenvalue weighted by atomic mass is 10.1. The molecule has 0 radical (unpaired) electrons. The molecule has 0 aliphatic heterocycles. The zero-order chi connectivity index (χ0) is 13.5. The second kappa shape index (κ2) is 7.00. The van der Waals surface area contributed by atoms with Crippen molar-refractivity contribution in [3.63, 3.8) is 0 Å². The van der Waals surface area contributed by atoms with Crippen LogP contribution in [0.3, 0.4) is 0 Å². The minimum atomic E-state index is -0.308. The molecule has 19 heavy (non-hydrogen) atoms. The lowest BCUT2D eigenvalue weighted by Crippen LogP contribution is -1.99. The van der Waals surface area contributed by atoms with Gasteiger partial charge in [-0.15, -0.1) is 0 Å². The lowest BCUT2D eigenvalue weighted by Gasteiger charge is -2.04. The van der Waals surface area contributed by atoms with Gasteiger partial charge in [0.1, 0.15) is 0 Å². The van der Waals surface area contributed by atoms with Crippen molar-refractivity contribution in [1.29, 1.82) is 0 Å². The Labute approximate surface area is 118 Å². The van der Waals surface area contributed by atoms with E-state index in [-0.39, 0.29) is 5.97 Å². The Morgan fingerprint density at radius 2 is 1.74 bits per heavy atom. The van der Waals surface area contributed by atoms with E-state index in [2.05, 4.69) is 6.92 Å². The Morgan fingerprint density at radius 1 is 1.05 bits per heavy atom. The molecule has 0 saturated heterocycles. The molecule has 0 N–H and O–H groups in total. The fraction of sp³-hybridized carbons (Fsp3) is 0.188. The van der Waals surface area contributed by atoms with Gasteiger partial charge in [-0.05, 0) is 36.2 Å². The van der Waals surface area contributed by atoms with E-state index in [9.17, 15) is 4.79 Å². The summed E-state index contributed by atoms with van der Waals surface area (Å²) < 4.78 is 5.19. The molecule has 0 aliphatic carbocycles. The molecule has 2 aromatic rings. The van der Waals surface area contributed by atoms with E-state index in [1.54, 1.807) is 0 Å². The quantitative estimate of drug-likeness (QED) is 0.749. The molecule has 0 spiro atoms. The summed E-state index contributed by atoms with van der Waals surface area (Å²) in [5.74, 6) is -0.308. The van der Waals surface area contributed by atoms with E-state index >= 15 is 0 Å². The standard InChI is InChI=1S/C16H16O2S/c1-2-6-13-9-11-14(12-10-13)16(17)18-19-15-7-4-3-5-8-15/h3-5,7-12H,2,6H2,1H3. The topological polar surface area (TPSA) is 26.3 Å². The lowest BCUT2D eigenvalue weighted by molar-refractivity contribution is 0.0768. The van der Waals surface area contributed by atoms with Gasteiger partial charge in [-0.3, -0.25) is 0 Å². The summed E-state index contributed by atoms with van der Waals surface area (Å²) in [5, 5.41) is 0. The number of hydrogen-bond donors (Lipinski definition) is 0. The molecule has 0 fully saturated rings. The van der Waals surface area contributed by atoms with E-state index < -0.39 is 0 Å². The maximum absolute atomic E-state index is 11.8. The highest BCUT2D eigenvalue weighted by atomic mass is 32.2. The monoisotopic (exact) mass is 272 g/mol. The van der Waals surface area contributed by atoms with Gasteiger partial charge >= 0.3 is 5.97 Å². The molecule has 2 rings (SSSR count). The Balaban J connectivity index is 1.92. The molecule has 0 aromatic heterocycles. The molecule has 98 valence electrons. The molecule has 0 heterocycles. The molecule has 3 heteroatoms. The fourth-order valence-corrected chi connectivity index (χ4v) is 2.24. The van der Waals surface area contributed by atoms with Gasteiger partial charge < -0.3 is 4.18 Å². The van der Waals surface area contributed by atoms with Crippen LogP contribution in [0.5, 0.6) is 0 Å². The van der Waals surface area contributed by atoms with Gasteiger partial charge in [-0.2, -0.15) is 0 Å². The largest absolute Gasteiger partial charge is 0.382 e. The number of benzene rings is 2. The zero-order valence-electron chi connectivity index (χ0n) is 10.8. The molecule has 2 aromatic carbocycles. The smallest absolute Gasteiger partial charge is 0.350 e. The third kappa shape index (κ3) is 4.14. The number of rotatable bonds is 5. The van der Waals surface area contributed by atoms with Crippen LogP contribution in [-0.4, -0.2) is 5.97 Å². The summed E-state index contributed by atoms with van der Waals surface area (Å²) in [5.41, 5.74) is 1.83. The van der Waals surface area contributed by atoms with Crippen LogP contribution in [0, 0.1) is 0 Å². The first-order valence-electron chi connectivity index (χ1n) is 6.32. The van der Waals surface area contributed by atoms with Crippen molar-refractivity contribution < 1.29 is 8.98 Å². The molecular weight excluding hydrogens is 256 g/mol. The van der Waals surface area contributed by atoms with Gasteiger partial charge in [0.15, 0.2) is 0 Å². The first-order valence-corrected chi connectivity index (χ1v) is 7.06. The Hall–Kier alpha value is -1.74. The molecule has 0 aliphatic rings. The Kier molecular flexibility index (Phi) is 5.04. The van der Waals surface area contributed by atoms with Gasteiger partial charge in [0.25, 0.3) is 0 Å². The molecule has 0 atom stereocenters. The van der Waals surface area contributed by atoms with Crippen LogP contribution in [0.2, 0.25) is 0 Å². The molecule has 0 amide bonds. The SMILES string of the molecule is CCCc1ccc(C(=O)OSc2ccccc2)cc1. The molecule has 0 bridgehead atoms. The predicted octanol–water partition coefficient (Wildman–Crippen LogP) is 4.50. The zero-order valence-corrected chi connectivity index (χ0v) is 11.7. The van der Waals surface area contributed by atoms with Crippen molar-refractivity contribution in [3.05, 3.63) is 65.7 Å². The molecule has 0 unspecified atom stereocenters. The van der Waals surface area contributed by atoms with Crippen molar-refractivity contribution >= 4 is 18.0 Å². The van der Waals surface area contributed by atoms with Crippen LogP contribution in [0.25, 0.3) is 0 Å². The molecular formula is C16H16O2S. The number of carbonyl (C=O) groups excluding carboxylic acids is 1. The Morgan fingerprint density at radius 3 is 2.37 bits per heavy atom. The van der Waals surface area contributed by atoms with E-state index in [1.165, 1.54) is 5.56 Å². The van der Waals surface area contributed by atoms with Crippen LogP contribution in [0.15, 0.2) is 59.5 Å². The van der Waals surface area contributed by atoms with E-state index in [0.29, 0.717) is 5.56 Å². The highest BCUT2D eigenvalue weighted by Crippen LogP contribution is 2.20. The summed E-state index contributed by atoms with van der Waals surface area (Å²) in [7, 11) is 0. The summed E-state index contributed by atoms with van der Waals surface area (Å²) >= 11 is 1.09. The van der Waals surface area contributed by atoms with Gasteiger partial charge in [0.2, 0.25) is 0 Å². The minimum Gasteiger partial charge on any atom is -0.382 e. The van der Waals surface area contributed by atoms with E-state index in [4.69, 9.17) is 4.18 Å². The molecule has 2 nitrogen and oxygen atoms in total. The summed E-state index contributed by atoms with van der Waals surface area (Å²) in [6.07, 6.45) is 2.14. The van der Waals surface area contributed by atoms with Crippen molar-refractivity contribution in [3.8, 4) is 0 Å². The summed E-state index contributed by atoms with van der Waals surface area (Å²) in [4.78, 5) is 12.8. The highest BCUT2D eigenvalue weighted by molar-refractivity contribution is 7.95. The van der Waals surface area contributed by atoms with Crippen molar-refractivity contribution in [2.45, 2.75) is 24.7 Å². The first kappa shape index (κ1) is 13.7.